The second kappa shape index (κ2) is 5.65. The van der Waals surface area contributed by atoms with Crippen molar-refractivity contribution in [3.05, 3.63) is 0 Å². The molecule has 52 valence electrons. The van der Waals surface area contributed by atoms with Gasteiger partial charge in [0, 0.05) is 6.42 Å². The van der Waals surface area contributed by atoms with E-state index in [1.165, 1.54) is 0 Å². The first-order chi connectivity index (χ1) is 4.31. The van der Waals surface area contributed by atoms with E-state index in [1.807, 2.05) is 13.8 Å². The van der Waals surface area contributed by atoms with Crippen LogP contribution >= 0.6 is 0 Å². The monoisotopic (exact) mass is 126 g/mol. The van der Waals surface area contributed by atoms with E-state index in [1.54, 1.807) is 0 Å². The van der Waals surface area contributed by atoms with Crippen LogP contribution in [0.5, 0.6) is 0 Å². The first-order valence-corrected chi connectivity index (χ1v) is 3.47. The highest BCUT2D eigenvalue weighted by Gasteiger charge is 1.92. The fourth-order valence-corrected chi connectivity index (χ4v) is 0.565. The Balaban J connectivity index is 3.36. The van der Waals surface area contributed by atoms with Crippen molar-refractivity contribution in [1.29, 1.82) is 0 Å². The topological polar surface area (TPSA) is 20.2 Å². The van der Waals surface area contributed by atoms with Crippen LogP contribution in [0.4, 0.5) is 0 Å². The van der Waals surface area contributed by atoms with Crippen LogP contribution in [-0.2, 0) is 0 Å². The van der Waals surface area contributed by atoms with Crippen molar-refractivity contribution in [2.75, 3.05) is 0 Å². The summed E-state index contributed by atoms with van der Waals surface area (Å²) < 4.78 is 0. The zero-order chi connectivity index (χ0) is 7.11. The third kappa shape index (κ3) is 5.39. The summed E-state index contributed by atoms with van der Waals surface area (Å²) in [6, 6.07) is 0. The third-order valence-corrected chi connectivity index (χ3v) is 1.01. The summed E-state index contributed by atoms with van der Waals surface area (Å²) in [5, 5.41) is 9.01. The molecule has 0 bridgehead atoms. The molecule has 0 aliphatic rings. The largest absolute Gasteiger partial charge is 0.380 e. The lowest BCUT2D eigenvalue weighted by Gasteiger charge is -1.96. The highest BCUT2D eigenvalue weighted by molar-refractivity contribution is 5.03. The van der Waals surface area contributed by atoms with Crippen molar-refractivity contribution >= 4 is 0 Å². The van der Waals surface area contributed by atoms with Crippen LogP contribution in [0.25, 0.3) is 0 Å². The molecular weight excluding hydrogens is 112 g/mol. The molecule has 0 saturated carbocycles. The molecule has 0 aromatic rings. The van der Waals surface area contributed by atoms with Crippen LogP contribution in [0.15, 0.2) is 0 Å². The van der Waals surface area contributed by atoms with Crippen molar-refractivity contribution < 1.29 is 5.11 Å². The lowest BCUT2D eigenvalue weighted by molar-refractivity contribution is 0.221. The SMILES string of the molecule is CCC#CC(O)CCC. The molecule has 0 saturated heterocycles. The number of hydrogen-bond acceptors (Lipinski definition) is 1. The third-order valence-electron chi connectivity index (χ3n) is 1.01. The van der Waals surface area contributed by atoms with Crippen LogP contribution in [0.3, 0.4) is 0 Å². The molecule has 0 heterocycles. The fraction of sp³-hybridized carbons (Fsp3) is 0.750. The molecule has 0 aromatic carbocycles. The second-order valence-electron chi connectivity index (χ2n) is 1.98. The Morgan fingerprint density at radius 2 is 2.11 bits per heavy atom. The number of rotatable bonds is 2. The number of aliphatic hydroxyl groups is 1. The fourth-order valence-electron chi connectivity index (χ4n) is 0.565. The van der Waals surface area contributed by atoms with Gasteiger partial charge in [-0.2, -0.15) is 0 Å². The summed E-state index contributed by atoms with van der Waals surface area (Å²) in [6.07, 6.45) is 2.24. The Morgan fingerprint density at radius 1 is 1.44 bits per heavy atom. The molecule has 0 amide bonds. The van der Waals surface area contributed by atoms with Gasteiger partial charge in [0.1, 0.15) is 6.10 Å². The Morgan fingerprint density at radius 3 is 2.56 bits per heavy atom. The lowest BCUT2D eigenvalue weighted by atomic mass is 10.2. The minimum absolute atomic E-state index is 0.394. The van der Waals surface area contributed by atoms with Crippen LogP contribution in [0.1, 0.15) is 33.1 Å². The minimum Gasteiger partial charge on any atom is -0.380 e. The Hall–Kier alpha value is -0.480. The molecule has 1 heteroatoms. The maximum atomic E-state index is 9.01. The molecule has 0 radical (unpaired) electrons. The predicted octanol–water partition coefficient (Wildman–Crippen LogP) is 1.56. The molecule has 1 nitrogen and oxygen atoms in total. The quantitative estimate of drug-likeness (QED) is 0.557. The van der Waals surface area contributed by atoms with Gasteiger partial charge in [-0.1, -0.05) is 26.2 Å². The smallest absolute Gasteiger partial charge is 0.114 e. The molecule has 0 fully saturated rings. The first kappa shape index (κ1) is 8.52. The summed E-state index contributed by atoms with van der Waals surface area (Å²) in [7, 11) is 0. The molecule has 0 spiro atoms. The van der Waals surface area contributed by atoms with Gasteiger partial charge < -0.3 is 5.11 Å². The van der Waals surface area contributed by atoms with E-state index in [0.717, 1.165) is 19.3 Å². The highest BCUT2D eigenvalue weighted by atomic mass is 16.3. The van der Waals surface area contributed by atoms with Crippen LogP contribution < -0.4 is 0 Å². The molecule has 1 unspecified atom stereocenters. The van der Waals surface area contributed by atoms with Gasteiger partial charge in [0.2, 0.25) is 0 Å². The van der Waals surface area contributed by atoms with Crippen molar-refractivity contribution in [3.8, 4) is 11.8 Å². The highest BCUT2D eigenvalue weighted by Crippen LogP contribution is 1.92. The summed E-state index contributed by atoms with van der Waals surface area (Å²) in [5.74, 6) is 5.57. The molecule has 1 N–H and O–H groups in total. The zero-order valence-electron chi connectivity index (χ0n) is 6.15. The van der Waals surface area contributed by atoms with Gasteiger partial charge in [-0.05, 0) is 6.42 Å². The standard InChI is InChI=1S/C8H14O/c1-3-5-7-8(9)6-4-2/h8-9H,3-4,6H2,1-2H3. The molecule has 0 aromatic heterocycles. The molecule has 0 aliphatic heterocycles. The molecular formula is C8H14O. The maximum Gasteiger partial charge on any atom is 0.114 e. The van der Waals surface area contributed by atoms with Crippen molar-refractivity contribution in [2.45, 2.75) is 39.2 Å². The van der Waals surface area contributed by atoms with E-state index in [4.69, 9.17) is 5.11 Å². The van der Waals surface area contributed by atoms with Crippen LogP contribution in [-0.4, -0.2) is 11.2 Å². The number of aliphatic hydroxyl groups excluding tert-OH is 1. The van der Waals surface area contributed by atoms with Crippen LogP contribution in [0.2, 0.25) is 0 Å². The number of hydrogen-bond donors (Lipinski definition) is 1. The van der Waals surface area contributed by atoms with Crippen molar-refractivity contribution in [3.63, 3.8) is 0 Å². The molecule has 0 aliphatic carbocycles. The van der Waals surface area contributed by atoms with E-state index in [-0.39, 0.29) is 0 Å². The van der Waals surface area contributed by atoms with Gasteiger partial charge in [0.25, 0.3) is 0 Å². The van der Waals surface area contributed by atoms with Gasteiger partial charge in [-0.15, -0.1) is 5.92 Å². The normalized spacial score (nSPS) is 11.9. The molecule has 9 heavy (non-hydrogen) atoms. The van der Waals surface area contributed by atoms with Gasteiger partial charge in [0.15, 0.2) is 0 Å². The van der Waals surface area contributed by atoms with Gasteiger partial charge in [-0.25, -0.2) is 0 Å². The summed E-state index contributed by atoms with van der Waals surface area (Å²) in [5.41, 5.74) is 0. The zero-order valence-corrected chi connectivity index (χ0v) is 6.15. The Labute approximate surface area is 57.1 Å². The van der Waals surface area contributed by atoms with Crippen molar-refractivity contribution in [2.24, 2.45) is 0 Å². The summed E-state index contributed by atoms with van der Waals surface area (Å²) in [6.45, 7) is 4.02. The Kier molecular flexibility index (Phi) is 5.35. The van der Waals surface area contributed by atoms with Crippen LogP contribution in [0, 0.1) is 11.8 Å². The minimum atomic E-state index is -0.394. The van der Waals surface area contributed by atoms with Gasteiger partial charge >= 0.3 is 0 Å². The van der Waals surface area contributed by atoms with E-state index in [0.29, 0.717) is 0 Å². The Bertz CT molecular complexity index is 107. The molecule has 0 rings (SSSR count). The van der Waals surface area contributed by atoms with E-state index < -0.39 is 6.10 Å². The van der Waals surface area contributed by atoms with Gasteiger partial charge in [-0.3, -0.25) is 0 Å². The van der Waals surface area contributed by atoms with E-state index in [9.17, 15) is 0 Å². The van der Waals surface area contributed by atoms with Gasteiger partial charge in [0.05, 0.1) is 0 Å². The second-order valence-corrected chi connectivity index (χ2v) is 1.98. The average Bonchev–Trinajstić information content (AvgIpc) is 1.85. The first-order valence-electron chi connectivity index (χ1n) is 3.47. The lowest BCUT2D eigenvalue weighted by Crippen LogP contribution is -2.00. The van der Waals surface area contributed by atoms with Crippen molar-refractivity contribution in [1.82, 2.24) is 0 Å². The van der Waals surface area contributed by atoms with E-state index >= 15 is 0 Å². The molecule has 1 atom stereocenters. The van der Waals surface area contributed by atoms with E-state index in [2.05, 4.69) is 11.8 Å². The summed E-state index contributed by atoms with van der Waals surface area (Å²) in [4.78, 5) is 0. The maximum absolute atomic E-state index is 9.01. The summed E-state index contributed by atoms with van der Waals surface area (Å²) >= 11 is 0. The predicted molar refractivity (Wildman–Crippen MR) is 39.0 cm³/mol. The average molecular weight is 126 g/mol.